The van der Waals surface area contributed by atoms with Crippen LogP contribution in [0.3, 0.4) is 0 Å². The number of anilines is 1. The Morgan fingerprint density at radius 3 is 2.63 bits per heavy atom. The molecule has 3 rings (SSSR count). The number of carbonyl (C=O) groups is 2. The van der Waals surface area contributed by atoms with Gasteiger partial charge in [-0.1, -0.05) is 51.3 Å². The van der Waals surface area contributed by atoms with Crippen molar-refractivity contribution in [1.82, 2.24) is 0 Å². The molecule has 1 aromatic carbocycles. The quantitative estimate of drug-likeness (QED) is 0.861. The van der Waals surface area contributed by atoms with Crippen molar-refractivity contribution in [3.8, 4) is 0 Å². The maximum atomic E-state index is 13.1. The Balaban J connectivity index is 1.98. The molecule has 5 nitrogen and oxygen atoms in total. The topological polar surface area (TPSA) is 75.8 Å². The number of aryl methyl sites for hydroxylation is 1. The Labute approximate surface area is 162 Å². The number of Topliss-reactive ketones (excluding diaryl/α,β-unsaturated/α-hetero) is 1. The average molecular weight is 370 g/mol. The van der Waals surface area contributed by atoms with Crippen molar-refractivity contribution in [2.75, 3.05) is 11.4 Å². The highest BCUT2D eigenvalue weighted by atomic mass is 16.2. The lowest BCUT2D eigenvalue weighted by Crippen LogP contribution is -2.46. The summed E-state index contributed by atoms with van der Waals surface area (Å²) in [5.41, 5.74) is 9.70. The van der Waals surface area contributed by atoms with Gasteiger partial charge in [-0.25, -0.2) is 0 Å². The minimum absolute atomic E-state index is 0.0644. The van der Waals surface area contributed by atoms with Gasteiger partial charge in [-0.05, 0) is 37.7 Å². The van der Waals surface area contributed by atoms with Crippen molar-refractivity contribution < 1.29 is 9.59 Å². The van der Waals surface area contributed by atoms with E-state index in [2.05, 4.69) is 18.8 Å². The van der Waals surface area contributed by atoms with E-state index >= 15 is 0 Å². The molecule has 27 heavy (non-hydrogen) atoms. The van der Waals surface area contributed by atoms with E-state index in [-0.39, 0.29) is 24.2 Å². The zero-order chi connectivity index (χ0) is 19.6. The Bertz CT molecular complexity index is 748. The fourth-order valence-corrected chi connectivity index (χ4v) is 4.23. The summed E-state index contributed by atoms with van der Waals surface area (Å²) < 4.78 is 0. The molecular formula is C22H31N3O2. The number of nitrogens with two attached hydrogens (primary N) is 1. The molecule has 2 N–H and O–H groups in total. The SMILES string of the molecule is Cc1cccc2c1N(CC(=O)C1CCCCC1)C(=O)C(N)N=C2CC(C)C. The van der Waals surface area contributed by atoms with Gasteiger partial charge in [0, 0.05) is 17.2 Å². The summed E-state index contributed by atoms with van der Waals surface area (Å²) in [6.45, 7) is 6.33. The highest BCUT2D eigenvalue weighted by Gasteiger charge is 2.33. The van der Waals surface area contributed by atoms with E-state index in [1.54, 1.807) is 4.90 Å². The fourth-order valence-electron chi connectivity index (χ4n) is 4.23. The summed E-state index contributed by atoms with van der Waals surface area (Å²) in [6.07, 6.45) is 5.06. The highest BCUT2D eigenvalue weighted by molar-refractivity contribution is 6.14. The maximum Gasteiger partial charge on any atom is 0.266 e. The number of para-hydroxylation sites is 1. The van der Waals surface area contributed by atoms with Crippen LogP contribution in [-0.2, 0) is 9.59 Å². The molecule has 1 atom stereocenters. The van der Waals surface area contributed by atoms with Crippen molar-refractivity contribution in [2.24, 2.45) is 22.6 Å². The first-order valence-electron chi connectivity index (χ1n) is 10.1. The van der Waals surface area contributed by atoms with Gasteiger partial charge in [0.05, 0.1) is 12.2 Å². The Hall–Kier alpha value is -2.01. The molecule has 1 aromatic rings. The van der Waals surface area contributed by atoms with Crippen LogP contribution in [-0.4, -0.2) is 30.1 Å². The molecule has 5 heteroatoms. The van der Waals surface area contributed by atoms with E-state index in [4.69, 9.17) is 5.73 Å². The average Bonchev–Trinajstić information content (AvgIpc) is 2.73. The van der Waals surface area contributed by atoms with Crippen LogP contribution in [0.5, 0.6) is 0 Å². The number of ketones is 1. The summed E-state index contributed by atoms with van der Waals surface area (Å²) in [5, 5.41) is 0. The third-order valence-corrected chi connectivity index (χ3v) is 5.61. The van der Waals surface area contributed by atoms with E-state index < -0.39 is 6.17 Å². The van der Waals surface area contributed by atoms with Gasteiger partial charge in [0.2, 0.25) is 0 Å². The Kier molecular flexibility index (Phi) is 6.10. The molecule has 0 aromatic heterocycles. The molecule has 1 fully saturated rings. The molecule has 2 aliphatic rings. The lowest BCUT2D eigenvalue weighted by Gasteiger charge is -2.28. The standard InChI is InChI=1S/C22H31N3O2/c1-14(2)12-18-17-11-7-8-15(3)20(17)25(22(27)21(23)24-18)13-19(26)16-9-5-4-6-10-16/h7-8,11,14,16,21H,4-6,9-10,12-13,23H2,1-3H3. The summed E-state index contributed by atoms with van der Waals surface area (Å²) in [7, 11) is 0. The van der Waals surface area contributed by atoms with Crippen LogP contribution in [0.4, 0.5) is 5.69 Å². The number of nitrogens with zero attached hydrogens (tertiary/aromatic N) is 2. The van der Waals surface area contributed by atoms with E-state index in [1.165, 1.54) is 6.42 Å². The predicted octanol–water partition coefficient (Wildman–Crippen LogP) is 3.61. The fraction of sp³-hybridized carbons (Fsp3) is 0.591. The van der Waals surface area contributed by atoms with Gasteiger partial charge in [-0.15, -0.1) is 0 Å². The van der Waals surface area contributed by atoms with E-state index in [1.807, 2.05) is 25.1 Å². The molecule has 1 unspecified atom stereocenters. The number of carbonyl (C=O) groups excluding carboxylic acids is 2. The molecule has 1 amide bonds. The predicted molar refractivity (Wildman–Crippen MR) is 109 cm³/mol. The third-order valence-electron chi connectivity index (χ3n) is 5.61. The van der Waals surface area contributed by atoms with Crippen LogP contribution in [0.2, 0.25) is 0 Å². The van der Waals surface area contributed by atoms with Crippen molar-refractivity contribution in [3.63, 3.8) is 0 Å². The van der Waals surface area contributed by atoms with Gasteiger partial charge in [0.15, 0.2) is 11.9 Å². The van der Waals surface area contributed by atoms with Crippen LogP contribution in [0, 0.1) is 18.8 Å². The number of amides is 1. The largest absolute Gasteiger partial charge is 0.302 e. The van der Waals surface area contributed by atoms with Gasteiger partial charge >= 0.3 is 0 Å². The zero-order valence-electron chi connectivity index (χ0n) is 16.7. The van der Waals surface area contributed by atoms with E-state index in [9.17, 15) is 9.59 Å². The van der Waals surface area contributed by atoms with Gasteiger partial charge in [0.1, 0.15) is 0 Å². The summed E-state index contributed by atoms with van der Waals surface area (Å²) in [5.74, 6) is 0.328. The molecule has 1 saturated carbocycles. The summed E-state index contributed by atoms with van der Waals surface area (Å²) >= 11 is 0. The van der Waals surface area contributed by atoms with Gasteiger partial charge in [-0.3, -0.25) is 14.6 Å². The monoisotopic (exact) mass is 369 g/mol. The summed E-state index contributed by atoms with van der Waals surface area (Å²) in [6, 6.07) is 5.95. The first-order valence-corrected chi connectivity index (χ1v) is 10.1. The van der Waals surface area contributed by atoms with E-state index in [0.717, 1.165) is 54.6 Å². The number of benzene rings is 1. The first-order chi connectivity index (χ1) is 12.9. The highest BCUT2D eigenvalue weighted by Crippen LogP contribution is 2.32. The normalized spacial score (nSPS) is 21.1. The minimum Gasteiger partial charge on any atom is -0.302 e. The van der Waals surface area contributed by atoms with Crippen molar-refractivity contribution >= 4 is 23.1 Å². The number of fused-ring (bicyclic) bond motifs is 1. The number of aliphatic imine (C=N–C) groups is 1. The van der Waals surface area contributed by atoms with Gasteiger partial charge in [0.25, 0.3) is 5.91 Å². The number of benzodiazepines with no additional fused rings is 1. The Morgan fingerprint density at radius 2 is 1.96 bits per heavy atom. The van der Waals surface area contributed by atoms with Crippen LogP contribution in [0.15, 0.2) is 23.2 Å². The molecule has 0 radical (unpaired) electrons. The van der Waals surface area contributed by atoms with Crippen LogP contribution in [0.25, 0.3) is 0 Å². The van der Waals surface area contributed by atoms with Crippen LogP contribution < -0.4 is 10.6 Å². The lowest BCUT2D eigenvalue weighted by atomic mass is 9.86. The molecule has 1 heterocycles. The zero-order valence-corrected chi connectivity index (χ0v) is 16.7. The molecule has 0 bridgehead atoms. The minimum atomic E-state index is -0.954. The molecule has 1 aliphatic carbocycles. The Morgan fingerprint density at radius 1 is 1.26 bits per heavy atom. The molecule has 146 valence electrons. The summed E-state index contributed by atoms with van der Waals surface area (Å²) in [4.78, 5) is 32.1. The van der Waals surface area contributed by atoms with Crippen LogP contribution in [0.1, 0.15) is 63.5 Å². The number of rotatable bonds is 5. The van der Waals surface area contributed by atoms with Crippen molar-refractivity contribution in [2.45, 2.75) is 65.5 Å². The number of hydrogen-bond acceptors (Lipinski definition) is 4. The number of hydrogen-bond donors (Lipinski definition) is 1. The molecule has 1 aliphatic heterocycles. The lowest BCUT2D eigenvalue weighted by molar-refractivity contribution is -0.125. The second kappa shape index (κ2) is 8.34. The smallest absolute Gasteiger partial charge is 0.266 e. The van der Waals surface area contributed by atoms with Gasteiger partial charge in [-0.2, -0.15) is 0 Å². The van der Waals surface area contributed by atoms with Crippen molar-refractivity contribution in [3.05, 3.63) is 29.3 Å². The van der Waals surface area contributed by atoms with Gasteiger partial charge < -0.3 is 10.6 Å². The second-order valence-electron chi connectivity index (χ2n) is 8.32. The second-order valence-corrected chi connectivity index (χ2v) is 8.32. The molecule has 0 saturated heterocycles. The molecular weight excluding hydrogens is 338 g/mol. The first kappa shape index (κ1) is 19.7. The third kappa shape index (κ3) is 4.29. The maximum absolute atomic E-state index is 13.1. The van der Waals surface area contributed by atoms with Crippen LogP contribution >= 0.6 is 0 Å². The van der Waals surface area contributed by atoms with Crippen molar-refractivity contribution in [1.29, 1.82) is 0 Å². The van der Waals surface area contributed by atoms with E-state index in [0.29, 0.717) is 5.92 Å². The molecule has 0 spiro atoms.